The van der Waals surface area contributed by atoms with Crippen LogP contribution < -0.4 is 0 Å². The topological polar surface area (TPSA) is 9.72 Å². The van der Waals surface area contributed by atoms with Crippen LogP contribution in [0.4, 0.5) is 0 Å². The normalized spacial score (nSPS) is 18.1. The average Bonchev–Trinajstić information content (AvgIpc) is 2.43. The lowest BCUT2D eigenvalue weighted by atomic mass is 10.1. The van der Waals surface area contributed by atoms with E-state index in [0.29, 0.717) is 0 Å². The zero-order chi connectivity index (χ0) is 13.7. The Morgan fingerprint density at radius 2 is 1.58 bits per heavy atom. The molecule has 1 saturated heterocycles. The van der Waals surface area contributed by atoms with Crippen molar-refractivity contribution in [2.75, 3.05) is 46.8 Å². The predicted molar refractivity (Wildman–Crippen MR) is 81.2 cm³/mol. The van der Waals surface area contributed by atoms with E-state index in [1.54, 1.807) is 0 Å². The van der Waals surface area contributed by atoms with E-state index in [-0.39, 0.29) is 0 Å². The van der Waals surface area contributed by atoms with E-state index < -0.39 is 0 Å². The number of likely N-dealkylation sites (N-methyl/N-ethyl adjacent to an activating group) is 1. The monoisotopic (exact) mass is 261 g/mol. The average molecular weight is 261 g/mol. The molecule has 3 nitrogen and oxygen atoms in total. The molecule has 0 N–H and O–H groups in total. The summed E-state index contributed by atoms with van der Waals surface area (Å²) in [7, 11) is 4.37. The largest absolute Gasteiger partial charge is 0.304 e. The van der Waals surface area contributed by atoms with Crippen molar-refractivity contribution < 1.29 is 0 Å². The van der Waals surface area contributed by atoms with Gasteiger partial charge >= 0.3 is 0 Å². The molecule has 1 aliphatic heterocycles. The summed E-state index contributed by atoms with van der Waals surface area (Å²) in [5.41, 5.74) is 2.85. The van der Waals surface area contributed by atoms with Crippen LogP contribution in [0.1, 0.15) is 18.1 Å². The number of rotatable bonds is 5. The molecule has 1 aromatic rings. The summed E-state index contributed by atoms with van der Waals surface area (Å²) in [6.07, 6.45) is 0. The van der Waals surface area contributed by atoms with Gasteiger partial charge in [-0.2, -0.15) is 0 Å². The maximum absolute atomic E-state index is 2.55. The number of hydrogen-bond donors (Lipinski definition) is 0. The van der Waals surface area contributed by atoms with Gasteiger partial charge in [-0.15, -0.1) is 0 Å². The SMILES string of the molecule is CCN(C)Cc1ccc(CN2CCN(C)CC2)cc1. The molecule has 0 spiro atoms. The van der Waals surface area contributed by atoms with Crippen molar-refractivity contribution in [3.63, 3.8) is 0 Å². The molecule has 1 fully saturated rings. The minimum atomic E-state index is 1.05. The first-order chi connectivity index (χ1) is 9.17. The van der Waals surface area contributed by atoms with Gasteiger partial charge in [0.25, 0.3) is 0 Å². The molecule has 3 heteroatoms. The highest BCUT2D eigenvalue weighted by atomic mass is 15.2. The first-order valence-corrected chi connectivity index (χ1v) is 7.34. The Morgan fingerprint density at radius 3 is 2.16 bits per heavy atom. The van der Waals surface area contributed by atoms with Crippen LogP contribution in [0.5, 0.6) is 0 Å². The summed E-state index contributed by atoms with van der Waals surface area (Å²) in [4.78, 5) is 7.28. The summed E-state index contributed by atoms with van der Waals surface area (Å²) in [6, 6.07) is 9.13. The lowest BCUT2D eigenvalue weighted by molar-refractivity contribution is 0.148. The minimum Gasteiger partial charge on any atom is -0.304 e. The van der Waals surface area contributed by atoms with Crippen molar-refractivity contribution in [3.8, 4) is 0 Å². The van der Waals surface area contributed by atoms with E-state index >= 15 is 0 Å². The number of nitrogens with zero attached hydrogens (tertiary/aromatic N) is 3. The first-order valence-electron chi connectivity index (χ1n) is 7.34. The predicted octanol–water partition coefficient (Wildman–Crippen LogP) is 1.89. The van der Waals surface area contributed by atoms with Crippen LogP contribution in [0.15, 0.2) is 24.3 Å². The quantitative estimate of drug-likeness (QED) is 0.801. The highest BCUT2D eigenvalue weighted by Crippen LogP contribution is 2.10. The van der Waals surface area contributed by atoms with E-state index in [0.717, 1.165) is 19.6 Å². The lowest BCUT2D eigenvalue weighted by Crippen LogP contribution is -2.43. The van der Waals surface area contributed by atoms with Crippen LogP contribution in [0, 0.1) is 0 Å². The Bertz CT molecular complexity index is 366. The summed E-state index contributed by atoms with van der Waals surface area (Å²) in [6.45, 7) is 10.2. The van der Waals surface area contributed by atoms with Gasteiger partial charge < -0.3 is 9.80 Å². The Hall–Kier alpha value is -0.900. The number of hydrogen-bond acceptors (Lipinski definition) is 3. The fourth-order valence-electron chi connectivity index (χ4n) is 2.44. The van der Waals surface area contributed by atoms with Crippen molar-refractivity contribution >= 4 is 0 Å². The van der Waals surface area contributed by atoms with Gasteiger partial charge in [0, 0.05) is 39.3 Å². The van der Waals surface area contributed by atoms with Crippen LogP contribution in [-0.2, 0) is 13.1 Å². The maximum atomic E-state index is 2.55. The molecule has 0 aromatic heterocycles. The Kier molecular flexibility index (Phi) is 5.37. The van der Waals surface area contributed by atoms with E-state index in [1.807, 2.05) is 0 Å². The second kappa shape index (κ2) is 7.04. The zero-order valence-electron chi connectivity index (χ0n) is 12.6. The van der Waals surface area contributed by atoms with Gasteiger partial charge in [0.2, 0.25) is 0 Å². The molecule has 0 atom stereocenters. The molecular weight excluding hydrogens is 234 g/mol. The van der Waals surface area contributed by atoms with Gasteiger partial charge in [0.15, 0.2) is 0 Å². The van der Waals surface area contributed by atoms with E-state index in [9.17, 15) is 0 Å². The number of benzene rings is 1. The van der Waals surface area contributed by atoms with Gasteiger partial charge in [-0.05, 0) is 31.8 Å². The summed E-state index contributed by atoms with van der Waals surface area (Å²) in [5, 5.41) is 0. The standard InChI is InChI=1S/C16H27N3/c1-4-17(2)13-15-5-7-16(8-6-15)14-19-11-9-18(3)10-12-19/h5-8H,4,9-14H2,1-3H3. The molecule has 0 unspecified atom stereocenters. The molecule has 1 aromatic carbocycles. The third-order valence-electron chi connectivity index (χ3n) is 4.02. The van der Waals surface area contributed by atoms with Gasteiger partial charge in [-0.1, -0.05) is 31.2 Å². The lowest BCUT2D eigenvalue weighted by Gasteiger charge is -2.32. The Morgan fingerprint density at radius 1 is 1.00 bits per heavy atom. The molecule has 0 saturated carbocycles. The van der Waals surface area contributed by atoms with Gasteiger partial charge in [-0.3, -0.25) is 4.90 Å². The minimum absolute atomic E-state index is 1.05. The van der Waals surface area contributed by atoms with Crippen LogP contribution in [-0.4, -0.2) is 61.5 Å². The second-order valence-corrected chi connectivity index (χ2v) is 5.73. The van der Waals surface area contributed by atoms with Crippen LogP contribution in [0.2, 0.25) is 0 Å². The molecule has 0 amide bonds. The highest BCUT2D eigenvalue weighted by molar-refractivity contribution is 5.22. The number of piperazine rings is 1. The molecule has 106 valence electrons. The zero-order valence-corrected chi connectivity index (χ0v) is 12.6. The first kappa shape index (κ1) is 14.5. The molecule has 1 aliphatic rings. The summed E-state index contributed by atoms with van der Waals surface area (Å²) in [5.74, 6) is 0. The fraction of sp³-hybridized carbons (Fsp3) is 0.625. The molecule has 0 radical (unpaired) electrons. The summed E-state index contributed by atoms with van der Waals surface area (Å²) >= 11 is 0. The molecule has 2 rings (SSSR count). The van der Waals surface area contributed by atoms with Crippen molar-refractivity contribution in [1.82, 2.24) is 14.7 Å². The van der Waals surface area contributed by atoms with Crippen molar-refractivity contribution in [2.45, 2.75) is 20.0 Å². The van der Waals surface area contributed by atoms with Crippen LogP contribution in [0.3, 0.4) is 0 Å². The van der Waals surface area contributed by atoms with Crippen molar-refractivity contribution in [3.05, 3.63) is 35.4 Å². The van der Waals surface area contributed by atoms with Crippen molar-refractivity contribution in [2.24, 2.45) is 0 Å². The second-order valence-electron chi connectivity index (χ2n) is 5.73. The third kappa shape index (κ3) is 4.60. The molecule has 0 aliphatic carbocycles. The molecular formula is C16H27N3. The third-order valence-corrected chi connectivity index (χ3v) is 4.02. The van der Waals surface area contributed by atoms with Gasteiger partial charge in [0.05, 0.1) is 0 Å². The molecule has 19 heavy (non-hydrogen) atoms. The highest BCUT2D eigenvalue weighted by Gasteiger charge is 2.13. The van der Waals surface area contributed by atoms with Crippen LogP contribution >= 0.6 is 0 Å². The van der Waals surface area contributed by atoms with Gasteiger partial charge in [0.1, 0.15) is 0 Å². The van der Waals surface area contributed by atoms with E-state index in [4.69, 9.17) is 0 Å². The maximum Gasteiger partial charge on any atom is 0.0234 e. The molecule has 1 heterocycles. The Labute approximate surface area is 117 Å². The van der Waals surface area contributed by atoms with E-state index in [1.165, 1.54) is 37.3 Å². The summed E-state index contributed by atoms with van der Waals surface area (Å²) < 4.78 is 0. The molecule has 0 bridgehead atoms. The van der Waals surface area contributed by atoms with Crippen LogP contribution in [0.25, 0.3) is 0 Å². The van der Waals surface area contributed by atoms with E-state index in [2.05, 4.69) is 60.0 Å². The smallest absolute Gasteiger partial charge is 0.0234 e. The van der Waals surface area contributed by atoms with Crippen molar-refractivity contribution in [1.29, 1.82) is 0 Å². The Balaban J connectivity index is 1.84. The fourth-order valence-corrected chi connectivity index (χ4v) is 2.44. The van der Waals surface area contributed by atoms with Gasteiger partial charge in [-0.25, -0.2) is 0 Å².